The fraction of sp³-hybridized carbons (Fsp3) is 0.381. The van der Waals surface area contributed by atoms with Gasteiger partial charge in [0, 0.05) is 11.8 Å². The minimum atomic E-state index is 0.0311. The molecule has 0 aromatic heterocycles. The molecule has 1 heteroatoms. The average molecular weight is 294 g/mol. The minimum Gasteiger partial charge on any atom is -0.299 e. The van der Waals surface area contributed by atoms with Gasteiger partial charge in [-0.15, -0.1) is 0 Å². The molecule has 0 N–H and O–H groups in total. The third-order valence-corrected chi connectivity index (χ3v) is 5.05. The van der Waals surface area contributed by atoms with Crippen molar-refractivity contribution < 1.29 is 4.79 Å². The largest absolute Gasteiger partial charge is 0.299 e. The molecule has 4 unspecified atom stereocenters. The predicted molar refractivity (Wildman–Crippen MR) is 93.0 cm³/mol. The summed E-state index contributed by atoms with van der Waals surface area (Å²) in [6.45, 7) is 8.43. The molecule has 0 aliphatic heterocycles. The number of carbonyl (C=O) groups excluding carboxylic acids is 1. The van der Waals surface area contributed by atoms with Gasteiger partial charge in [0.2, 0.25) is 0 Å². The number of benzene rings is 2. The molecule has 0 aliphatic carbocycles. The Morgan fingerprint density at radius 3 is 1.27 bits per heavy atom. The lowest BCUT2D eigenvalue weighted by molar-refractivity contribution is -0.126. The molecule has 116 valence electrons. The minimum absolute atomic E-state index is 0.0311. The predicted octanol–water partition coefficient (Wildman–Crippen LogP) is 5.44. The van der Waals surface area contributed by atoms with Gasteiger partial charge in [0.05, 0.1) is 0 Å². The molecule has 0 radical (unpaired) electrons. The van der Waals surface area contributed by atoms with E-state index in [9.17, 15) is 4.79 Å². The molecular weight excluding hydrogens is 268 g/mol. The van der Waals surface area contributed by atoms with Crippen LogP contribution in [0.15, 0.2) is 60.7 Å². The van der Waals surface area contributed by atoms with Gasteiger partial charge in [-0.3, -0.25) is 4.79 Å². The topological polar surface area (TPSA) is 17.1 Å². The van der Waals surface area contributed by atoms with E-state index in [0.717, 1.165) is 0 Å². The van der Waals surface area contributed by atoms with E-state index >= 15 is 0 Å². The highest BCUT2D eigenvalue weighted by Crippen LogP contribution is 2.32. The van der Waals surface area contributed by atoms with Crippen molar-refractivity contribution in [2.45, 2.75) is 39.5 Å². The van der Waals surface area contributed by atoms with E-state index in [0.29, 0.717) is 5.78 Å². The Hall–Kier alpha value is -1.89. The Morgan fingerprint density at radius 2 is 0.955 bits per heavy atom. The van der Waals surface area contributed by atoms with Crippen LogP contribution in [0.3, 0.4) is 0 Å². The highest BCUT2D eigenvalue weighted by molar-refractivity contribution is 5.84. The van der Waals surface area contributed by atoms with E-state index in [1.807, 2.05) is 36.4 Å². The molecule has 2 aromatic carbocycles. The third kappa shape index (κ3) is 3.65. The van der Waals surface area contributed by atoms with Crippen molar-refractivity contribution in [3.63, 3.8) is 0 Å². The first-order chi connectivity index (χ1) is 10.5. The molecule has 0 amide bonds. The van der Waals surface area contributed by atoms with Crippen LogP contribution >= 0.6 is 0 Å². The number of hydrogen-bond donors (Lipinski definition) is 0. The van der Waals surface area contributed by atoms with E-state index in [1.165, 1.54) is 11.1 Å². The summed E-state index contributed by atoms with van der Waals surface area (Å²) in [4.78, 5) is 12.9. The third-order valence-electron chi connectivity index (χ3n) is 5.05. The van der Waals surface area contributed by atoms with Crippen LogP contribution in [0.2, 0.25) is 0 Å². The number of hydrogen-bond acceptors (Lipinski definition) is 1. The normalized spacial score (nSPS) is 16.5. The summed E-state index contributed by atoms with van der Waals surface area (Å²) in [5, 5.41) is 0. The molecule has 22 heavy (non-hydrogen) atoms. The molecule has 4 atom stereocenters. The van der Waals surface area contributed by atoms with Gasteiger partial charge in [-0.05, 0) is 23.0 Å². The van der Waals surface area contributed by atoms with Crippen LogP contribution in [0.1, 0.15) is 50.7 Å². The number of Topliss-reactive ketones (excluding diaryl/α,β-unsaturated/α-hetero) is 1. The highest BCUT2D eigenvalue weighted by atomic mass is 16.1. The Kier molecular flexibility index (Phi) is 5.54. The summed E-state index contributed by atoms with van der Waals surface area (Å²) in [5.41, 5.74) is 2.48. The summed E-state index contributed by atoms with van der Waals surface area (Å²) < 4.78 is 0. The summed E-state index contributed by atoms with van der Waals surface area (Å²) in [6.07, 6.45) is 0. The lowest BCUT2D eigenvalue weighted by Crippen LogP contribution is -2.27. The molecule has 0 saturated carbocycles. The Labute approximate surface area is 134 Å². The maximum Gasteiger partial charge on any atom is 0.139 e. The molecule has 0 bridgehead atoms. The van der Waals surface area contributed by atoms with Gasteiger partial charge in [-0.2, -0.15) is 0 Å². The Balaban J connectivity index is 2.10. The average Bonchev–Trinajstić information content (AvgIpc) is 2.60. The van der Waals surface area contributed by atoms with Gasteiger partial charge in [0.1, 0.15) is 5.78 Å². The van der Waals surface area contributed by atoms with Crippen molar-refractivity contribution in [1.29, 1.82) is 0 Å². The second-order valence-electron chi connectivity index (χ2n) is 6.38. The summed E-state index contributed by atoms with van der Waals surface area (Å²) in [6, 6.07) is 20.6. The Morgan fingerprint density at radius 1 is 0.636 bits per heavy atom. The number of carbonyl (C=O) groups is 1. The van der Waals surface area contributed by atoms with Crippen molar-refractivity contribution in [3.05, 3.63) is 71.8 Å². The fourth-order valence-corrected chi connectivity index (χ4v) is 3.00. The highest BCUT2D eigenvalue weighted by Gasteiger charge is 2.29. The molecule has 2 rings (SSSR count). The second kappa shape index (κ2) is 7.40. The van der Waals surface area contributed by atoms with Crippen LogP contribution in [0.4, 0.5) is 0 Å². The molecule has 0 spiro atoms. The first kappa shape index (κ1) is 16.5. The van der Waals surface area contributed by atoms with Crippen molar-refractivity contribution >= 4 is 5.78 Å². The maximum atomic E-state index is 12.9. The van der Waals surface area contributed by atoms with Crippen LogP contribution in [0, 0.1) is 11.8 Å². The SMILES string of the molecule is CC(C(=O)C(C)C(C)c1ccccc1)C(C)c1ccccc1. The van der Waals surface area contributed by atoms with E-state index in [4.69, 9.17) is 0 Å². The van der Waals surface area contributed by atoms with E-state index in [-0.39, 0.29) is 23.7 Å². The van der Waals surface area contributed by atoms with Gasteiger partial charge in [0.15, 0.2) is 0 Å². The zero-order valence-corrected chi connectivity index (χ0v) is 14.0. The zero-order valence-electron chi connectivity index (χ0n) is 14.0. The quantitative estimate of drug-likeness (QED) is 0.693. The van der Waals surface area contributed by atoms with Gasteiger partial charge in [0.25, 0.3) is 0 Å². The van der Waals surface area contributed by atoms with Crippen LogP contribution in [0.5, 0.6) is 0 Å². The van der Waals surface area contributed by atoms with Crippen molar-refractivity contribution in [2.75, 3.05) is 0 Å². The van der Waals surface area contributed by atoms with Crippen molar-refractivity contribution in [3.8, 4) is 0 Å². The number of ketones is 1. The summed E-state index contributed by atoms with van der Waals surface area (Å²) in [5.74, 6) is 0.915. The summed E-state index contributed by atoms with van der Waals surface area (Å²) in [7, 11) is 0. The first-order valence-corrected chi connectivity index (χ1v) is 8.16. The molecule has 0 heterocycles. The molecule has 0 aliphatic rings. The van der Waals surface area contributed by atoms with Crippen LogP contribution in [-0.2, 0) is 4.79 Å². The van der Waals surface area contributed by atoms with E-state index < -0.39 is 0 Å². The number of rotatable bonds is 6. The first-order valence-electron chi connectivity index (χ1n) is 8.16. The van der Waals surface area contributed by atoms with Crippen molar-refractivity contribution in [1.82, 2.24) is 0 Å². The Bertz CT molecular complexity index is 534. The van der Waals surface area contributed by atoms with Crippen LogP contribution < -0.4 is 0 Å². The lowest BCUT2D eigenvalue weighted by atomic mass is 9.77. The molecule has 1 nitrogen and oxygen atoms in total. The fourth-order valence-electron chi connectivity index (χ4n) is 3.00. The van der Waals surface area contributed by atoms with Crippen molar-refractivity contribution in [2.24, 2.45) is 11.8 Å². The van der Waals surface area contributed by atoms with Gasteiger partial charge in [-0.1, -0.05) is 88.4 Å². The maximum absolute atomic E-state index is 12.9. The molecule has 0 fully saturated rings. The molecule has 2 aromatic rings. The van der Waals surface area contributed by atoms with E-state index in [1.54, 1.807) is 0 Å². The summed E-state index contributed by atoms with van der Waals surface area (Å²) >= 11 is 0. The van der Waals surface area contributed by atoms with Gasteiger partial charge >= 0.3 is 0 Å². The van der Waals surface area contributed by atoms with Crippen LogP contribution in [-0.4, -0.2) is 5.78 Å². The lowest BCUT2D eigenvalue weighted by Gasteiger charge is -2.26. The van der Waals surface area contributed by atoms with E-state index in [2.05, 4.69) is 52.0 Å². The second-order valence-corrected chi connectivity index (χ2v) is 6.38. The smallest absolute Gasteiger partial charge is 0.139 e. The monoisotopic (exact) mass is 294 g/mol. The standard InChI is InChI=1S/C21H26O/c1-15(19-11-7-5-8-12-19)17(3)21(22)18(4)16(2)20-13-9-6-10-14-20/h5-18H,1-4H3. The van der Waals surface area contributed by atoms with Gasteiger partial charge in [-0.25, -0.2) is 0 Å². The molecule has 0 saturated heterocycles. The molecular formula is C21H26O. The zero-order chi connectivity index (χ0) is 16.1. The van der Waals surface area contributed by atoms with Crippen LogP contribution in [0.25, 0.3) is 0 Å². The van der Waals surface area contributed by atoms with Gasteiger partial charge < -0.3 is 0 Å².